The zero-order valence-electron chi connectivity index (χ0n) is 10.9. The quantitative estimate of drug-likeness (QED) is 0.813. The van der Waals surface area contributed by atoms with Crippen molar-refractivity contribution in [2.75, 3.05) is 13.7 Å². The van der Waals surface area contributed by atoms with Gasteiger partial charge in [0.05, 0.1) is 25.1 Å². The van der Waals surface area contributed by atoms with E-state index in [1.54, 1.807) is 7.11 Å². The molecule has 0 spiro atoms. The van der Waals surface area contributed by atoms with Gasteiger partial charge in [0.25, 0.3) is 0 Å². The van der Waals surface area contributed by atoms with Crippen LogP contribution in [0.1, 0.15) is 30.8 Å². The zero-order chi connectivity index (χ0) is 12.7. The highest BCUT2D eigenvalue weighted by atomic mass is 16.5. The minimum absolute atomic E-state index is 0.218. The monoisotopic (exact) mass is 247 g/mol. The molecule has 0 aromatic carbocycles. The number of aryl methyl sites for hydroxylation is 1. The molecule has 0 radical (unpaired) electrons. The summed E-state index contributed by atoms with van der Waals surface area (Å²) in [4.78, 5) is 8.90. The number of imidazole rings is 1. The van der Waals surface area contributed by atoms with E-state index in [0.29, 0.717) is 11.8 Å². The smallest absolute Gasteiger partial charge is 0.239 e. The van der Waals surface area contributed by atoms with Gasteiger partial charge in [0.2, 0.25) is 5.88 Å². The van der Waals surface area contributed by atoms with Crippen LogP contribution >= 0.6 is 0 Å². The van der Waals surface area contributed by atoms with Crippen LogP contribution in [0.3, 0.4) is 0 Å². The number of rotatable bonds is 2. The van der Waals surface area contributed by atoms with E-state index < -0.39 is 0 Å². The molecule has 0 bridgehead atoms. The molecule has 5 heteroatoms. The fraction of sp³-hybridized carbons (Fsp3) is 0.538. The van der Waals surface area contributed by atoms with Crippen molar-refractivity contribution in [3.05, 3.63) is 23.9 Å². The molecule has 3 heterocycles. The second kappa shape index (κ2) is 4.24. The van der Waals surface area contributed by atoms with Crippen molar-refractivity contribution in [3.8, 4) is 5.88 Å². The van der Waals surface area contributed by atoms with Crippen molar-refractivity contribution < 1.29 is 9.47 Å². The van der Waals surface area contributed by atoms with Gasteiger partial charge in [-0.1, -0.05) is 0 Å². The molecule has 3 rings (SSSR count). The fourth-order valence-corrected chi connectivity index (χ4v) is 2.60. The number of nitrogens with zero attached hydrogens (tertiary/aromatic N) is 3. The van der Waals surface area contributed by atoms with Crippen molar-refractivity contribution in [3.63, 3.8) is 0 Å². The van der Waals surface area contributed by atoms with Gasteiger partial charge in [-0.25, -0.2) is 9.97 Å². The summed E-state index contributed by atoms with van der Waals surface area (Å²) in [5, 5.41) is 0. The Labute approximate surface area is 106 Å². The van der Waals surface area contributed by atoms with Crippen LogP contribution in [0.5, 0.6) is 5.88 Å². The van der Waals surface area contributed by atoms with Crippen LogP contribution < -0.4 is 4.74 Å². The van der Waals surface area contributed by atoms with Crippen LogP contribution in [-0.4, -0.2) is 34.2 Å². The Morgan fingerprint density at radius 1 is 1.50 bits per heavy atom. The highest BCUT2D eigenvalue weighted by Crippen LogP contribution is 2.32. The molecule has 0 amide bonds. The van der Waals surface area contributed by atoms with Gasteiger partial charge in [0, 0.05) is 18.7 Å². The summed E-state index contributed by atoms with van der Waals surface area (Å²) in [5.41, 5.74) is 1.84. The van der Waals surface area contributed by atoms with Crippen LogP contribution in [0.25, 0.3) is 5.52 Å². The number of methoxy groups -OCH3 is 1. The second-order valence-electron chi connectivity index (χ2n) is 4.73. The van der Waals surface area contributed by atoms with Gasteiger partial charge < -0.3 is 9.47 Å². The molecule has 2 atom stereocenters. The van der Waals surface area contributed by atoms with Gasteiger partial charge in [-0.2, -0.15) is 0 Å². The zero-order valence-corrected chi connectivity index (χ0v) is 10.9. The summed E-state index contributed by atoms with van der Waals surface area (Å²) in [6.07, 6.45) is 5.07. The maximum atomic E-state index is 5.62. The van der Waals surface area contributed by atoms with Crippen molar-refractivity contribution in [1.82, 2.24) is 14.4 Å². The molecule has 96 valence electrons. The minimum atomic E-state index is 0.218. The van der Waals surface area contributed by atoms with Crippen LogP contribution in [0.15, 0.2) is 12.4 Å². The van der Waals surface area contributed by atoms with Crippen molar-refractivity contribution in [2.24, 2.45) is 0 Å². The Hall–Kier alpha value is -1.62. The van der Waals surface area contributed by atoms with Crippen LogP contribution in [-0.2, 0) is 4.74 Å². The molecular weight excluding hydrogens is 230 g/mol. The summed E-state index contributed by atoms with van der Waals surface area (Å²) in [6, 6.07) is 0. The van der Waals surface area contributed by atoms with E-state index in [9.17, 15) is 0 Å². The van der Waals surface area contributed by atoms with Gasteiger partial charge in [0.15, 0.2) is 0 Å². The van der Waals surface area contributed by atoms with Crippen LogP contribution in [0, 0.1) is 6.92 Å². The Morgan fingerprint density at radius 3 is 3.00 bits per heavy atom. The highest BCUT2D eigenvalue weighted by molar-refractivity contribution is 5.56. The first kappa shape index (κ1) is 11.5. The first-order chi connectivity index (χ1) is 8.70. The minimum Gasteiger partial charge on any atom is -0.479 e. The fourth-order valence-electron chi connectivity index (χ4n) is 2.60. The summed E-state index contributed by atoms with van der Waals surface area (Å²) in [6.45, 7) is 4.87. The lowest BCUT2D eigenvalue weighted by Gasteiger charge is -2.13. The third-order valence-electron chi connectivity index (χ3n) is 3.54. The Morgan fingerprint density at radius 2 is 2.33 bits per heavy atom. The van der Waals surface area contributed by atoms with Crippen LogP contribution in [0.2, 0.25) is 0 Å². The molecule has 0 N–H and O–H groups in total. The van der Waals surface area contributed by atoms with E-state index in [0.717, 1.165) is 30.1 Å². The lowest BCUT2D eigenvalue weighted by atomic mass is 10.0. The summed E-state index contributed by atoms with van der Waals surface area (Å²) in [5.74, 6) is 2.01. The van der Waals surface area contributed by atoms with Crippen molar-refractivity contribution in [1.29, 1.82) is 0 Å². The Balaban J connectivity index is 2.16. The van der Waals surface area contributed by atoms with E-state index in [-0.39, 0.29) is 6.10 Å². The number of hydrogen-bond acceptors (Lipinski definition) is 4. The van der Waals surface area contributed by atoms with E-state index in [1.165, 1.54) is 0 Å². The highest BCUT2D eigenvalue weighted by Gasteiger charge is 2.29. The van der Waals surface area contributed by atoms with E-state index in [4.69, 9.17) is 9.47 Å². The lowest BCUT2D eigenvalue weighted by molar-refractivity contribution is 0.117. The van der Waals surface area contributed by atoms with Gasteiger partial charge in [-0.3, -0.25) is 4.40 Å². The first-order valence-electron chi connectivity index (χ1n) is 6.21. The van der Waals surface area contributed by atoms with E-state index >= 15 is 0 Å². The van der Waals surface area contributed by atoms with E-state index in [2.05, 4.69) is 21.3 Å². The number of ether oxygens (including phenoxy) is 2. The van der Waals surface area contributed by atoms with Gasteiger partial charge in [-0.15, -0.1) is 0 Å². The SMILES string of the molecule is COc1nc(C)cn2c(C3CCOC3C)ncc12. The lowest BCUT2D eigenvalue weighted by Crippen LogP contribution is -2.13. The summed E-state index contributed by atoms with van der Waals surface area (Å²) >= 11 is 0. The molecule has 1 aliphatic heterocycles. The van der Waals surface area contributed by atoms with Crippen molar-refractivity contribution >= 4 is 5.52 Å². The molecule has 5 nitrogen and oxygen atoms in total. The van der Waals surface area contributed by atoms with E-state index in [1.807, 2.05) is 19.3 Å². The molecule has 1 saturated heterocycles. The van der Waals surface area contributed by atoms with Crippen LogP contribution in [0.4, 0.5) is 0 Å². The molecule has 0 aliphatic carbocycles. The number of hydrogen-bond donors (Lipinski definition) is 0. The molecule has 2 aromatic heterocycles. The maximum Gasteiger partial charge on any atom is 0.239 e. The first-order valence-corrected chi connectivity index (χ1v) is 6.21. The molecule has 2 unspecified atom stereocenters. The molecule has 2 aromatic rings. The standard InChI is InChI=1S/C13H17N3O2/c1-8-7-16-11(13(15-8)17-3)6-14-12(16)10-4-5-18-9(10)2/h6-7,9-10H,4-5H2,1-3H3. The topological polar surface area (TPSA) is 48.7 Å². The molecular formula is C13H17N3O2. The predicted octanol–water partition coefficient (Wildman–Crippen LogP) is 1.94. The summed E-state index contributed by atoms with van der Waals surface area (Å²) in [7, 11) is 1.63. The molecule has 0 saturated carbocycles. The molecule has 1 aliphatic rings. The Kier molecular flexibility index (Phi) is 2.70. The van der Waals surface area contributed by atoms with Crippen molar-refractivity contribution in [2.45, 2.75) is 32.3 Å². The predicted molar refractivity (Wildman–Crippen MR) is 67.0 cm³/mol. The molecule has 18 heavy (non-hydrogen) atoms. The molecule has 1 fully saturated rings. The third-order valence-corrected chi connectivity index (χ3v) is 3.54. The second-order valence-corrected chi connectivity index (χ2v) is 4.73. The maximum absolute atomic E-state index is 5.62. The average Bonchev–Trinajstić information content (AvgIpc) is 2.93. The average molecular weight is 247 g/mol. The third kappa shape index (κ3) is 1.66. The number of fused-ring (bicyclic) bond motifs is 1. The van der Waals surface area contributed by atoms with Gasteiger partial charge >= 0.3 is 0 Å². The normalized spacial score (nSPS) is 23.7. The van der Waals surface area contributed by atoms with Gasteiger partial charge in [-0.05, 0) is 20.3 Å². The number of aromatic nitrogens is 3. The Bertz CT molecular complexity index is 579. The summed E-state index contributed by atoms with van der Waals surface area (Å²) < 4.78 is 13.0. The van der Waals surface area contributed by atoms with Gasteiger partial charge in [0.1, 0.15) is 11.3 Å². The largest absolute Gasteiger partial charge is 0.479 e.